The van der Waals surface area contributed by atoms with Crippen LogP contribution in [0.5, 0.6) is 0 Å². The Morgan fingerprint density at radius 2 is 2.31 bits per heavy atom. The number of rotatable bonds is 3. The highest BCUT2D eigenvalue weighted by Crippen LogP contribution is 2.21. The highest BCUT2D eigenvalue weighted by molar-refractivity contribution is 6.28. The van der Waals surface area contributed by atoms with Gasteiger partial charge in [0.1, 0.15) is 5.69 Å². The SMILES string of the molecule is CCCn1nccc1-c1nc(Cl)ncc1F. The quantitative estimate of drug-likeness (QED) is 0.775. The molecule has 2 aromatic heterocycles. The van der Waals surface area contributed by atoms with Crippen molar-refractivity contribution in [2.45, 2.75) is 19.9 Å². The average molecular weight is 241 g/mol. The number of hydrogen-bond acceptors (Lipinski definition) is 3. The van der Waals surface area contributed by atoms with E-state index in [1.807, 2.05) is 6.92 Å². The molecule has 0 atom stereocenters. The third-order valence-corrected chi connectivity index (χ3v) is 2.29. The van der Waals surface area contributed by atoms with Gasteiger partial charge in [0.2, 0.25) is 5.28 Å². The molecule has 4 nitrogen and oxygen atoms in total. The minimum atomic E-state index is -0.498. The molecule has 2 heterocycles. The van der Waals surface area contributed by atoms with E-state index < -0.39 is 5.82 Å². The second-order valence-corrected chi connectivity index (χ2v) is 3.61. The summed E-state index contributed by atoms with van der Waals surface area (Å²) in [6, 6.07) is 1.71. The summed E-state index contributed by atoms with van der Waals surface area (Å²) in [6.45, 7) is 2.73. The predicted octanol–water partition coefficient (Wildman–Crippen LogP) is 2.54. The lowest BCUT2D eigenvalue weighted by atomic mass is 10.3. The van der Waals surface area contributed by atoms with Gasteiger partial charge in [-0.2, -0.15) is 5.10 Å². The highest BCUT2D eigenvalue weighted by Gasteiger charge is 2.12. The molecule has 0 saturated heterocycles. The van der Waals surface area contributed by atoms with E-state index in [4.69, 9.17) is 11.6 Å². The summed E-state index contributed by atoms with van der Waals surface area (Å²) in [6.07, 6.45) is 3.59. The van der Waals surface area contributed by atoms with Crippen molar-refractivity contribution in [2.24, 2.45) is 0 Å². The average Bonchev–Trinajstić information content (AvgIpc) is 2.70. The summed E-state index contributed by atoms with van der Waals surface area (Å²) in [4.78, 5) is 7.45. The van der Waals surface area contributed by atoms with Crippen molar-refractivity contribution >= 4 is 11.6 Å². The molecule has 0 saturated carbocycles. The smallest absolute Gasteiger partial charge is 0.223 e. The van der Waals surface area contributed by atoms with Gasteiger partial charge in [-0.15, -0.1) is 0 Å². The van der Waals surface area contributed by atoms with E-state index in [9.17, 15) is 4.39 Å². The molecule has 0 aliphatic heterocycles. The zero-order chi connectivity index (χ0) is 11.5. The van der Waals surface area contributed by atoms with Crippen molar-refractivity contribution in [2.75, 3.05) is 0 Å². The molecule has 0 amide bonds. The highest BCUT2D eigenvalue weighted by atomic mass is 35.5. The fourth-order valence-electron chi connectivity index (χ4n) is 1.45. The lowest BCUT2D eigenvalue weighted by Gasteiger charge is -2.06. The third-order valence-electron chi connectivity index (χ3n) is 2.11. The number of nitrogens with zero attached hydrogens (tertiary/aromatic N) is 4. The number of hydrogen-bond donors (Lipinski definition) is 0. The van der Waals surface area contributed by atoms with E-state index in [1.54, 1.807) is 16.9 Å². The lowest BCUT2D eigenvalue weighted by molar-refractivity contribution is 0.591. The number of aromatic nitrogens is 4. The topological polar surface area (TPSA) is 43.6 Å². The molecule has 0 radical (unpaired) electrons. The first kappa shape index (κ1) is 11.0. The zero-order valence-electron chi connectivity index (χ0n) is 8.69. The molecule has 16 heavy (non-hydrogen) atoms. The van der Waals surface area contributed by atoms with Gasteiger partial charge in [-0.05, 0) is 24.1 Å². The molecular formula is C10H10ClFN4. The monoisotopic (exact) mass is 240 g/mol. The Labute approximate surface area is 97.1 Å². The summed E-state index contributed by atoms with van der Waals surface area (Å²) < 4.78 is 15.2. The second kappa shape index (κ2) is 4.57. The predicted molar refractivity (Wildman–Crippen MR) is 58.5 cm³/mol. The largest absolute Gasteiger partial charge is 0.263 e. The summed E-state index contributed by atoms with van der Waals surface area (Å²) in [5.41, 5.74) is 0.801. The fraction of sp³-hybridized carbons (Fsp3) is 0.300. The molecule has 0 fully saturated rings. The maximum absolute atomic E-state index is 13.5. The van der Waals surface area contributed by atoms with Gasteiger partial charge in [0.25, 0.3) is 0 Å². The molecule has 0 spiro atoms. The Hall–Kier alpha value is -1.49. The van der Waals surface area contributed by atoms with Crippen LogP contribution in [0.2, 0.25) is 5.28 Å². The van der Waals surface area contributed by atoms with Crippen LogP contribution >= 0.6 is 11.6 Å². The Balaban J connectivity index is 2.49. The molecule has 84 valence electrons. The van der Waals surface area contributed by atoms with Crippen LogP contribution in [0.3, 0.4) is 0 Å². The van der Waals surface area contributed by atoms with Crippen LogP contribution in [0.25, 0.3) is 11.4 Å². The lowest BCUT2D eigenvalue weighted by Crippen LogP contribution is -2.04. The molecule has 0 aromatic carbocycles. The van der Waals surface area contributed by atoms with E-state index in [2.05, 4.69) is 15.1 Å². The maximum Gasteiger partial charge on any atom is 0.223 e. The van der Waals surface area contributed by atoms with Crippen LogP contribution in [0, 0.1) is 5.82 Å². The van der Waals surface area contributed by atoms with E-state index in [1.165, 1.54) is 0 Å². The molecule has 0 aliphatic carbocycles. The molecule has 2 aromatic rings. The van der Waals surface area contributed by atoms with Gasteiger partial charge >= 0.3 is 0 Å². The van der Waals surface area contributed by atoms with Crippen molar-refractivity contribution in [1.82, 2.24) is 19.7 Å². The summed E-state index contributed by atoms with van der Waals surface area (Å²) >= 11 is 5.64. The van der Waals surface area contributed by atoms with Crippen LogP contribution < -0.4 is 0 Å². The standard InChI is InChI=1S/C10H10ClFN4/c1-2-5-16-8(3-4-14-16)9-7(12)6-13-10(11)15-9/h3-4,6H,2,5H2,1H3. The molecular weight excluding hydrogens is 231 g/mol. The van der Waals surface area contributed by atoms with Gasteiger partial charge in [0.05, 0.1) is 11.9 Å². The Morgan fingerprint density at radius 3 is 3.06 bits per heavy atom. The van der Waals surface area contributed by atoms with E-state index >= 15 is 0 Å². The van der Waals surface area contributed by atoms with Crippen LogP contribution in [0.4, 0.5) is 4.39 Å². The molecule has 0 aliphatic rings. The molecule has 0 N–H and O–H groups in total. The summed E-state index contributed by atoms with van der Waals surface area (Å²) in [7, 11) is 0. The zero-order valence-corrected chi connectivity index (χ0v) is 9.45. The van der Waals surface area contributed by atoms with Crippen molar-refractivity contribution in [3.8, 4) is 11.4 Å². The molecule has 2 rings (SSSR count). The number of aryl methyl sites for hydroxylation is 1. The van der Waals surface area contributed by atoms with Gasteiger partial charge in [0, 0.05) is 12.7 Å². The van der Waals surface area contributed by atoms with Crippen molar-refractivity contribution in [3.05, 3.63) is 29.6 Å². The first-order chi connectivity index (χ1) is 7.72. The van der Waals surface area contributed by atoms with Gasteiger partial charge in [0.15, 0.2) is 5.82 Å². The van der Waals surface area contributed by atoms with Crippen LogP contribution in [0.15, 0.2) is 18.5 Å². The number of halogens is 2. The minimum Gasteiger partial charge on any atom is -0.263 e. The van der Waals surface area contributed by atoms with Gasteiger partial charge < -0.3 is 0 Å². The van der Waals surface area contributed by atoms with E-state index in [0.717, 1.165) is 12.6 Å². The molecule has 6 heteroatoms. The van der Waals surface area contributed by atoms with E-state index in [0.29, 0.717) is 12.2 Å². The fourth-order valence-corrected chi connectivity index (χ4v) is 1.58. The summed E-state index contributed by atoms with van der Waals surface area (Å²) in [5.74, 6) is -0.498. The normalized spacial score (nSPS) is 10.7. The second-order valence-electron chi connectivity index (χ2n) is 3.28. The van der Waals surface area contributed by atoms with Crippen LogP contribution in [-0.2, 0) is 6.54 Å². The molecule has 0 unspecified atom stereocenters. The van der Waals surface area contributed by atoms with Crippen molar-refractivity contribution in [1.29, 1.82) is 0 Å². The first-order valence-corrected chi connectivity index (χ1v) is 5.30. The van der Waals surface area contributed by atoms with Crippen molar-refractivity contribution in [3.63, 3.8) is 0 Å². The van der Waals surface area contributed by atoms with Crippen LogP contribution in [0.1, 0.15) is 13.3 Å². The Kier molecular flexibility index (Phi) is 3.14. The minimum absolute atomic E-state index is 0.0284. The van der Waals surface area contributed by atoms with Gasteiger partial charge in [-0.25, -0.2) is 14.4 Å². The Bertz CT molecular complexity index is 497. The Morgan fingerprint density at radius 1 is 1.50 bits per heavy atom. The van der Waals surface area contributed by atoms with Gasteiger partial charge in [-0.3, -0.25) is 4.68 Å². The summed E-state index contributed by atoms with van der Waals surface area (Å²) in [5, 5.41) is 4.13. The maximum atomic E-state index is 13.5. The van der Waals surface area contributed by atoms with Crippen LogP contribution in [-0.4, -0.2) is 19.7 Å². The van der Waals surface area contributed by atoms with Gasteiger partial charge in [-0.1, -0.05) is 6.92 Å². The third kappa shape index (κ3) is 2.04. The van der Waals surface area contributed by atoms with Crippen molar-refractivity contribution < 1.29 is 4.39 Å². The first-order valence-electron chi connectivity index (χ1n) is 4.92. The molecule has 0 bridgehead atoms. The van der Waals surface area contributed by atoms with E-state index in [-0.39, 0.29) is 11.0 Å².